The molecule has 100 valence electrons. The van der Waals surface area contributed by atoms with E-state index in [2.05, 4.69) is 4.98 Å². The lowest BCUT2D eigenvalue weighted by Crippen LogP contribution is -2.27. The number of carboxylic acids is 1. The molecule has 0 aliphatic heterocycles. The van der Waals surface area contributed by atoms with Crippen molar-refractivity contribution in [1.29, 1.82) is 0 Å². The predicted molar refractivity (Wildman–Crippen MR) is 67.3 cm³/mol. The Balaban J connectivity index is 2.33. The molecule has 0 saturated carbocycles. The standard InChI is InChI=1S/C11H18N4O3/c1-14(7-4-10(16)17)5-2-6-15-8-3-9(12)13-11(15)18/h3,8H,2,4-7H2,1H3,(H,16,17)(H2,12,13,18). The van der Waals surface area contributed by atoms with Gasteiger partial charge < -0.3 is 15.7 Å². The molecule has 0 amide bonds. The number of rotatable bonds is 7. The molecule has 1 rings (SSSR count). The summed E-state index contributed by atoms with van der Waals surface area (Å²) >= 11 is 0. The Morgan fingerprint density at radius 3 is 2.89 bits per heavy atom. The van der Waals surface area contributed by atoms with Crippen LogP contribution in [0.4, 0.5) is 5.82 Å². The highest BCUT2D eigenvalue weighted by Crippen LogP contribution is 1.95. The summed E-state index contributed by atoms with van der Waals surface area (Å²) in [4.78, 5) is 27.3. The number of hydrogen-bond acceptors (Lipinski definition) is 5. The molecule has 18 heavy (non-hydrogen) atoms. The van der Waals surface area contributed by atoms with Crippen LogP contribution in [-0.4, -0.2) is 45.7 Å². The van der Waals surface area contributed by atoms with Crippen molar-refractivity contribution in [3.05, 3.63) is 22.7 Å². The van der Waals surface area contributed by atoms with Gasteiger partial charge in [0, 0.05) is 19.3 Å². The van der Waals surface area contributed by atoms with Gasteiger partial charge in [-0.05, 0) is 26.1 Å². The minimum Gasteiger partial charge on any atom is -0.481 e. The maximum atomic E-state index is 11.4. The van der Waals surface area contributed by atoms with Crippen LogP contribution in [0.25, 0.3) is 0 Å². The van der Waals surface area contributed by atoms with Crippen LogP contribution < -0.4 is 11.4 Å². The van der Waals surface area contributed by atoms with Crippen molar-refractivity contribution in [3.8, 4) is 0 Å². The maximum absolute atomic E-state index is 11.4. The maximum Gasteiger partial charge on any atom is 0.349 e. The molecule has 1 aromatic rings. The first-order valence-corrected chi connectivity index (χ1v) is 5.72. The van der Waals surface area contributed by atoms with Gasteiger partial charge in [-0.1, -0.05) is 0 Å². The highest BCUT2D eigenvalue weighted by Gasteiger charge is 2.03. The Kier molecular flexibility index (Phi) is 5.31. The first kappa shape index (κ1) is 14.2. The molecular formula is C11H18N4O3. The monoisotopic (exact) mass is 254 g/mol. The largest absolute Gasteiger partial charge is 0.481 e. The molecule has 0 spiro atoms. The quantitative estimate of drug-likeness (QED) is 0.688. The number of aryl methyl sites for hydroxylation is 1. The van der Waals surface area contributed by atoms with Crippen molar-refractivity contribution in [2.24, 2.45) is 0 Å². The molecule has 0 aliphatic rings. The molecule has 0 aliphatic carbocycles. The van der Waals surface area contributed by atoms with Gasteiger partial charge in [0.1, 0.15) is 5.82 Å². The average molecular weight is 254 g/mol. The highest BCUT2D eigenvalue weighted by molar-refractivity contribution is 5.66. The Hall–Kier alpha value is -1.89. The van der Waals surface area contributed by atoms with Crippen LogP contribution in [0.1, 0.15) is 12.8 Å². The first-order valence-electron chi connectivity index (χ1n) is 5.72. The van der Waals surface area contributed by atoms with Crippen LogP contribution in [0.15, 0.2) is 17.1 Å². The number of nitrogen functional groups attached to an aromatic ring is 1. The molecule has 0 unspecified atom stereocenters. The van der Waals surface area contributed by atoms with Gasteiger partial charge in [-0.15, -0.1) is 0 Å². The average Bonchev–Trinajstić information content (AvgIpc) is 2.29. The minimum absolute atomic E-state index is 0.125. The Bertz CT molecular complexity index is 458. The lowest BCUT2D eigenvalue weighted by molar-refractivity contribution is -0.137. The molecule has 0 fully saturated rings. The van der Waals surface area contributed by atoms with Gasteiger partial charge >= 0.3 is 11.7 Å². The third-order valence-corrected chi connectivity index (χ3v) is 2.54. The lowest BCUT2D eigenvalue weighted by atomic mass is 10.3. The Labute approximate surface area is 105 Å². The third-order valence-electron chi connectivity index (χ3n) is 2.54. The van der Waals surface area contributed by atoms with E-state index >= 15 is 0 Å². The van der Waals surface area contributed by atoms with E-state index < -0.39 is 5.97 Å². The highest BCUT2D eigenvalue weighted by atomic mass is 16.4. The van der Waals surface area contributed by atoms with Crippen LogP contribution in [0, 0.1) is 0 Å². The second-order valence-electron chi connectivity index (χ2n) is 4.13. The fourth-order valence-electron chi connectivity index (χ4n) is 1.52. The van der Waals surface area contributed by atoms with Gasteiger partial charge in [-0.3, -0.25) is 9.36 Å². The summed E-state index contributed by atoms with van der Waals surface area (Å²) in [6, 6.07) is 1.58. The summed E-state index contributed by atoms with van der Waals surface area (Å²) in [5, 5.41) is 8.54. The van der Waals surface area contributed by atoms with E-state index in [-0.39, 0.29) is 17.9 Å². The molecule has 0 bridgehead atoms. The molecular weight excluding hydrogens is 236 g/mol. The van der Waals surface area contributed by atoms with Crippen LogP contribution in [-0.2, 0) is 11.3 Å². The number of nitrogens with zero attached hydrogens (tertiary/aromatic N) is 3. The van der Waals surface area contributed by atoms with E-state index in [0.29, 0.717) is 13.1 Å². The van der Waals surface area contributed by atoms with E-state index in [1.54, 1.807) is 12.3 Å². The summed E-state index contributed by atoms with van der Waals surface area (Å²) in [5.74, 6) is -0.587. The SMILES string of the molecule is CN(CCCn1ccc(N)nc1=O)CCC(=O)O. The smallest absolute Gasteiger partial charge is 0.349 e. The van der Waals surface area contributed by atoms with E-state index in [1.165, 1.54) is 4.57 Å². The van der Waals surface area contributed by atoms with Crippen molar-refractivity contribution >= 4 is 11.8 Å². The van der Waals surface area contributed by atoms with E-state index in [1.807, 2.05) is 11.9 Å². The molecule has 7 heteroatoms. The number of aliphatic carboxylic acids is 1. The molecule has 7 nitrogen and oxygen atoms in total. The summed E-state index contributed by atoms with van der Waals surface area (Å²) in [7, 11) is 1.85. The molecule has 3 N–H and O–H groups in total. The summed E-state index contributed by atoms with van der Waals surface area (Å²) in [6.45, 7) is 1.78. The second-order valence-corrected chi connectivity index (χ2v) is 4.13. The van der Waals surface area contributed by atoms with Crippen LogP contribution in [0.2, 0.25) is 0 Å². The Morgan fingerprint density at radius 2 is 2.28 bits per heavy atom. The topological polar surface area (TPSA) is 101 Å². The Morgan fingerprint density at radius 1 is 1.56 bits per heavy atom. The molecule has 0 aromatic carbocycles. The fourth-order valence-corrected chi connectivity index (χ4v) is 1.52. The lowest BCUT2D eigenvalue weighted by Gasteiger charge is -2.15. The second kappa shape index (κ2) is 6.75. The van der Waals surface area contributed by atoms with Gasteiger partial charge in [-0.25, -0.2) is 4.79 Å². The predicted octanol–water partition coefficient (Wildman–Crippen LogP) is -0.378. The zero-order chi connectivity index (χ0) is 13.5. The van der Waals surface area contributed by atoms with Crippen molar-refractivity contribution < 1.29 is 9.90 Å². The van der Waals surface area contributed by atoms with Gasteiger partial charge in [0.15, 0.2) is 0 Å². The van der Waals surface area contributed by atoms with E-state index in [0.717, 1.165) is 13.0 Å². The normalized spacial score (nSPS) is 10.8. The van der Waals surface area contributed by atoms with Crippen molar-refractivity contribution in [2.75, 3.05) is 25.9 Å². The van der Waals surface area contributed by atoms with Gasteiger partial charge in [-0.2, -0.15) is 4.98 Å². The molecule has 0 radical (unpaired) electrons. The first-order chi connectivity index (χ1) is 8.49. The number of carbonyl (C=O) groups is 1. The van der Waals surface area contributed by atoms with Crippen molar-refractivity contribution in [2.45, 2.75) is 19.4 Å². The van der Waals surface area contributed by atoms with Crippen LogP contribution in [0.5, 0.6) is 0 Å². The number of anilines is 1. The fraction of sp³-hybridized carbons (Fsp3) is 0.545. The van der Waals surface area contributed by atoms with Crippen LogP contribution >= 0.6 is 0 Å². The summed E-state index contributed by atoms with van der Waals surface area (Å²) in [6.07, 6.45) is 2.49. The third kappa shape index (κ3) is 4.96. The minimum atomic E-state index is -0.805. The summed E-state index contributed by atoms with van der Waals surface area (Å²) in [5.41, 5.74) is 5.03. The number of carboxylic acid groups (broad SMARTS) is 1. The number of nitrogens with two attached hydrogens (primary N) is 1. The van der Waals surface area contributed by atoms with Gasteiger partial charge in [0.2, 0.25) is 0 Å². The summed E-state index contributed by atoms with van der Waals surface area (Å²) < 4.78 is 1.49. The molecule has 1 aromatic heterocycles. The number of hydrogen-bond donors (Lipinski definition) is 2. The molecule has 1 heterocycles. The van der Waals surface area contributed by atoms with E-state index in [4.69, 9.17) is 10.8 Å². The van der Waals surface area contributed by atoms with Crippen molar-refractivity contribution in [3.63, 3.8) is 0 Å². The molecule has 0 atom stereocenters. The van der Waals surface area contributed by atoms with Crippen molar-refractivity contribution in [1.82, 2.24) is 14.5 Å². The zero-order valence-electron chi connectivity index (χ0n) is 10.4. The van der Waals surface area contributed by atoms with E-state index in [9.17, 15) is 9.59 Å². The number of aromatic nitrogens is 2. The van der Waals surface area contributed by atoms with Crippen LogP contribution in [0.3, 0.4) is 0 Å². The zero-order valence-corrected chi connectivity index (χ0v) is 10.4. The van der Waals surface area contributed by atoms with Gasteiger partial charge in [0.05, 0.1) is 6.42 Å². The molecule has 0 saturated heterocycles. The van der Waals surface area contributed by atoms with Gasteiger partial charge in [0.25, 0.3) is 0 Å².